The van der Waals surface area contributed by atoms with Crippen molar-refractivity contribution in [3.8, 4) is 22.6 Å². The smallest absolute Gasteiger partial charge is 0.183 e. The minimum absolute atomic E-state index is 0.130. The van der Waals surface area contributed by atoms with E-state index in [1.54, 1.807) is 0 Å². The largest absolute Gasteiger partial charge is 0.484 e. The summed E-state index contributed by atoms with van der Waals surface area (Å²) >= 11 is 0. The Bertz CT molecular complexity index is 1320. The molecule has 4 aromatic rings. The van der Waals surface area contributed by atoms with Gasteiger partial charge in [0.25, 0.3) is 0 Å². The zero-order valence-electron chi connectivity index (χ0n) is 17.2. The summed E-state index contributed by atoms with van der Waals surface area (Å²) in [5.41, 5.74) is 1.59. The molecule has 0 saturated carbocycles. The van der Waals surface area contributed by atoms with Gasteiger partial charge in [-0.2, -0.15) is 0 Å². The highest BCUT2D eigenvalue weighted by atomic mass is 31.2. The molecule has 158 valence electrons. The molecular formula is C26H20O4P2. The van der Waals surface area contributed by atoms with Crippen LogP contribution in [0.5, 0.6) is 11.5 Å². The molecule has 0 saturated heterocycles. The molecule has 0 radical (unpaired) electrons. The molecule has 0 bridgehead atoms. The van der Waals surface area contributed by atoms with Gasteiger partial charge in [-0.1, -0.05) is 84.9 Å². The highest BCUT2D eigenvalue weighted by molar-refractivity contribution is 7.80. The zero-order chi connectivity index (χ0) is 21.8. The molecule has 2 heterocycles. The Labute approximate surface area is 186 Å². The highest BCUT2D eigenvalue weighted by Crippen LogP contribution is 2.56. The van der Waals surface area contributed by atoms with Crippen molar-refractivity contribution >= 4 is 35.5 Å². The maximum absolute atomic E-state index is 14.3. The number of benzene rings is 4. The molecule has 4 aromatic carbocycles. The quantitative estimate of drug-likeness (QED) is 0.419. The van der Waals surface area contributed by atoms with E-state index in [0.717, 1.165) is 21.7 Å². The summed E-state index contributed by atoms with van der Waals surface area (Å²) in [5.74, 6) is 1.25. The average molecular weight is 458 g/mol. The molecule has 2 aliphatic heterocycles. The standard InChI is InChI=1S/C26H20O4P2/c27-31(19-9-3-1-4-10-19)17-29-23-15-7-13-21(25(23)31)22-14-8-16-24-26(22)32(28,18-30-24)20-11-5-2-6-12-20/h1-16H,17-18H2/t31-,32-/m1/s1. The SMILES string of the molecule is O=[P@@]1(c2ccccc2)COc2cccc(-c3cccc4c3[P@](=O)(c3ccccc3)CO4)c21. The fourth-order valence-electron chi connectivity index (χ4n) is 4.65. The van der Waals surface area contributed by atoms with Crippen molar-refractivity contribution in [3.05, 3.63) is 97.1 Å². The Morgan fingerprint density at radius 1 is 0.500 bits per heavy atom. The molecule has 0 N–H and O–H groups in total. The lowest BCUT2D eigenvalue weighted by Crippen LogP contribution is -2.20. The van der Waals surface area contributed by atoms with Gasteiger partial charge in [-0.15, -0.1) is 0 Å². The second kappa shape index (κ2) is 7.24. The average Bonchev–Trinajstić information content (AvgIpc) is 3.39. The monoisotopic (exact) mass is 458 g/mol. The number of ether oxygens (including phenoxy) is 2. The van der Waals surface area contributed by atoms with E-state index in [9.17, 15) is 9.13 Å². The summed E-state index contributed by atoms with van der Waals surface area (Å²) in [6, 6.07) is 30.4. The van der Waals surface area contributed by atoms with E-state index in [1.807, 2.05) is 97.1 Å². The van der Waals surface area contributed by atoms with E-state index in [0.29, 0.717) is 22.1 Å². The summed E-state index contributed by atoms with van der Waals surface area (Å²) in [4.78, 5) is 0. The van der Waals surface area contributed by atoms with Gasteiger partial charge in [-0.25, -0.2) is 0 Å². The molecule has 32 heavy (non-hydrogen) atoms. The van der Waals surface area contributed by atoms with Crippen LogP contribution in [0.2, 0.25) is 0 Å². The summed E-state index contributed by atoms with van der Waals surface area (Å²) in [7, 11) is -6.01. The van der Waals surface area contributed by atoms with E-state index in [2.05, 4.69) is 0 Å². The lowest BCUT2D eigenvalue weighted by molar-refractivity contribution is 0.395. The van der Waals surface area contributed by atoms with Crippen LogP contribution in [-0.2, 0) is 9.13 Å². The Hall–Kier alpha value is -3.06. The molecule has 6 rings (SSSR count). The number of hydrogen-bond donors (Lipinski definition) is 0. The number of hydrogen-bond acceptors (Lipinski definition) is 4. The third-order valence-corrected chi connectivity index (χ3v) is 11.8. The first kappa shape index (κ1) is 19.6. The van der Waals surface area contributed by atoms with Crippen LogP contribution in [0, 0.1) is 0 Å². The molecule has 0 amide bonds. The molecule has 2 atom stereocenters. The second-order valence-corrected chi connectivity index (χ2v) is 13.4. The Kier molecular flexibility index (Phi) is 4.43. The van der Waals surface area contributed by atoms with E-state index in [-0.39, 0.29) is 12.7 Å². The van der Waals surface area contributed by atoms with Crippen molar-refractivity contribution in [1.29, 1.82) is 0 Å². The first-order valence-electron chi connectivity index (χ1n) is 10.4. The minimum atomic E-state index is -3.01. The van der Waals surface area contributed by atoms with Crippen LogP contribution in [0.25, 0.3) is 11.1 Å². The van der Waals surface area contributed by atoms with Gasteiger partial charge in [0.15, 0.2) is 14.3 Å². The van der Waals surface area contributed by atoms with E-state index in [4.69, 9.17) is 9.47 Å². The van der Waals surface area contributed by atoms with E-state index < -0.39 is 14.3 Å². The van der Waals surface area contributed by atoms with Gasteiger partial charge < -0.3 is 18.6 Å². The van der Waals surface area contributed by atoms with Crippen molar-refractivity contribution in [3.63, 3.8) is 0 Å². The Balaban J connectivity index is 1.62. The van der Waals surface area contributed by atoms with Gasteiger partial charge in [0.2, 0.25) is 0 Å². The summed E-state index contributed by atoms with van der Waals surface area (Å²) in [6.45, 7) is 0. The molecule has 0 fully saturated rings. The number of fused-ring (bicyclic) bond motifs is 2. The number of rotatable bonds is 3. The molecule has 0 unspecified atom stereocenters. The topological polar surface area (TPSA) is 52.6 Å². The minimum Gasteiger partial charge on any atom is -0.484 e. The highest BCUT2D eigenvalue weighted by Gasteiger charge is 2.43. The first-order chi connectivity index (χ1) is 15.6. The maximum atomic E-state index is 14.3. The Morgan fingerprint density at radius 2 is 0.906 bits per heavy atom. The molecule has 4 nitrogen and oxygen atoms in total. The van der Waals surface area contributed by atoms with Gasteiger partial charge in [0, 0.05) is 10.6 Å². The molecule has 2 aliphatic rings. The van der Waals surface area contributed by atoms with Crippen LogP contribution in [0.1, 0.15) is 0 Å². The first-order valence-corrected chi connectivity index (χ1v) is 14.2. The van der Waals surface area contributed by atoms with E-state index in [1.165, 1.54) is 0 Å². The van der Waals surface area contributed by atoms with Crippen molar-refractivity contribution in [1.82, 2.24) is 0 Å². The third kappa shape index (κ3) is 2.77. The lowest BCUT2D eigenvalue weighted by atomic mass is 10.0. The van der Waals surface area contributed by atoms with Crippen molar-refractivity contribution in [2.24, 2.45) is 0 Å². The summed E-state index contributed by atoms with van der Waals surface area (Å²) in [5, 5.41) is 2.93. The van der Waals surface area contributed by atoms with E-state index >= 15 is 0 Å². The normalized spacial score (nSPS) is 23.1. The van der Waals surface area contributed by atoms with Crippen molar-refractivity contribution in [2.45, 2.75) is 0 Å². The molecular weight excluding hydrogens is 438 g/mol. The van der Waals surface area contributed by atoms with Gasteiger partial charge in [-0.05, 0) is 23.3 Å². The van der Waals surface area contributed by atoms with Gasteiger partial charge in [0.05, 0.1) is 10.6 Å². The summed E-state index contributed by atoms with van der Waals surface area (Å²) in [6.07, 6.45) is 0.260. The van der Waals surface area contributed by atoms with Gasteiger partial charge in [-0.3, -0.25) is 0 Å². The van der Waals surface area contributed by atoms with Crippen LogP contribution < -0.4 is 30.7 Å². The lowest BCUT2D eigenvalue weighted by Gasteiger charge is -2.19. The van der Waals surface area contributed by atoms with Crippen molar-refractivity contribution in [2.75, 3.05) is 12.7 Å². The predicted octanol–water partition coefficient (Wildman–Crippen LogP) is 4.68. The van der Waals surface area contributed by atoms with Gasteiger partial charge in [0.1, 0.15) is 24.2 Å². The van der Waals surface area contributed by atoms with Crippen LogP contribution in [-0.4, -0.2) is 12.7 Å². The maximum Gasteiger partial charge on any atom is 0.183 e. The molecule has 0 aromatic heterocycles. The van der Waals surface area contributed by atoms with Gasteiger partial charge >= 0.3 is 0 Å². The second-order valence-electron chi connectivity index (χ2n) is 8.00. The van der Waals surface area contributed by atoms with Crippen LogP contribution >= 0.6 is 14.3 Å². The summed E-state index contributed by atoms with van der Waals surface area (Å²) < 4.78 is 40.5. The fourth-order valence-corrected chi connectivity index (χ4v) is 9.83. The Morgan fingerprint density at radius 3 is 1.31 bits per heavy atom. The predicted molar refractivity (Wildman–Crippen MR) is 130 cm³/mol. The fraction of sp³-hybridized carbons (Fsp3) is 0.0769. The zero-order valence-corrected chi connectivity index (χ0v) is 19.0. The van der Waals surface area contributed by atoms with Crippen LogP contribution in [0.3, 0.4) is 0 Å². The third-order valence-electron chi connectivity index (χ3n) is 6.16. The molecule has 6 heteroatoms. The molecule has 0 spiro atoms. The van der Waals surface area contributed by atoms with Crippen LogP contribution in [0.15, 0.2) is 97.1 Å². The molecule has 0 aliphatic carbocycles. The van der Waals surface area contributed by atoms with Crippen LogP contribution in [0.4, 0.5) is 0 Å². The van der Waals surface area contributed by atoms with Crippen molar-refractivity contribution < 1.29 is 18.6 Å².